The molecule has 0 radical (unpaired) electrons. The van der Waals surface area contributed by atoms with E-state index >= 15 is 0 Å². The van der Waals surface area contributed by atoms with Gasteiger partial charge in [-0.1, -0.05) is 6.92 Å². The van der Waals surface area contributed by atoms with Crippen molar-refractivity contribution in [2.75, 3.05) is 13.2 Å². The van der Waals surface area contributed by atoms with E-state index in [0.29, 0.717) is 18.3 Å². The molecule has 1 saturated heterocycles. The van der Waals surface area contributed by atoms with Crippen LogP contribution in [0.25, 0.3) is 0 Å². The van der Waals surface area contributed by atoms with Gasteiger partial charge in [-0.2, -0.15) is 0 Å². The van der Waals surface area contributed by atoms with E-state index in [9.17, 15) is 4.79 Å². The average molecular weight is 226 g/mol. The van der Waals surface area contributed by atoms with Gasteiger partial charge < -0.3 is 9.47 Å². The van der Waals surface area contributed by atoms with Crippen molar-refractivity contribution in [1.82, 2.24) is 0 Å². The molecule has 3 nitrogen and oxygen atoms in total. The minimum absolute atomic E-state index is 0.0206. The highest BCUT2D eigenvalue weighted by molar-refractivity contribution is 5.83. The van der Waals surface area contributed by atoms with Gasteiger partial charge in [-0.05, 0) is 38.0 Å². The highest BCUT2D eigenvalue weighted by Crippen LogP contribution is 2.29. The molecule has 2 aliphatic rings. The quantitative estimate of drug-likeness (QED) is 0.739. The third-order valence-electron chi connectivity index (χ3n) is 3.72. The van der Waals surface area contributed by atoms with E-state index in [1.165, 1.54) is 6.42 Å². The lowest BCUT2D eigenvalue weighted by atomic mass is 9.92. The van der Waals surface area contributed by atoms with Gasteiger partial charge in [0, 0.05) is 18.9 Å². The Labute approximate surface area is 97.5 Å². The Morgan fingerprint density at radius 2 is 2.25 bits per heavy atom. The molecule has 0 amide bonds. The summed E-state index contributed by atoms with van der Waals surface area (Å²) in [5.41, 5.74) is 0. The van der Waals surface area contributed by atoms with Crippen molar-refractivity contribution in [3.63, 3.8) is 0 Å². The van der Waals surface area contributed by atoms with Crippen LogP contribution in [0, 0.1) is 11.8 Å². The lowest BCUT2D eigenvalue weighted by Gasteiger charge is -2.25. The van der Waals surface area contributed by atoms with Crippen LogP contribution < -0.4 is 0 Å². The van der Waals surface area contributed by atoms with Crippen molar-refractivity contribution in [1.29, 1.82) is 0 Å². The van der Waals surface area contributed by atoms with Crippen LogP contribution in [0.5, 0.6) is 0 Å². The van der Waals surface area contributed by atoms with Gasteiger partial charge in [0.2, 0.25) is 0 Å². The number of hydrogen-bond acceptors (Lipinski definition) is 3. The van der Waals surface area contributed by atoms with Gasteiger partial charge in [0.25, 0.3) is 0 Å². The van der Waals surface area contributed by atoms with Crippen LogP contribution in [-0.2, 0) is 14.3 Å². The monoisotopic (exact) mass is 226 g/mol. The summed E-state index contributed by atoms with van der Waals surface area (Å²) < 4.78 is 11.2. The summed E-state index contributed by atoms with van der Waals surface area (Å²) in [4.78, 5) is 11.6. The molecule has 0 bridgehead atoms. The predicted molar refractivity (Wildman–Crippen MR) is 61.1 cm³/mol. The molecule has 1 aliphatic heterocycles. The zero-order chi connectivity index (χ0) is 11.4. The first-order chi connectivity index (χ1) is 7.77. The highest BCUT2D eigenvalue weighted by atomic mass is 16.7. The van der Waals surface area contributed by atoms with Crippen molar-refractivity contribution in [2.24, 2.45) is 11.8 Å². The third kappa shape index (κ3) is 3.05. The minimum Gasteiger partial charge on any atom is -0.353 e. The molecule has 0 N–H and O–H groups in total. The Kier molecular flexibility index (Phi) is 4.36. The average Bonchev–Trinajstić information content (AvgIpc) is 2.74. The van der Waals surface area contributed by atoms with Gasteiger partial charge in [-0.15, -0.1) is 0 Å². The first-order valence-electron chi connectivity index (χ1n) is 6.53. The Hall–Kier alpha value is -0.410. The Morgan fingerprint density at radius 1 is 1.38 bits per heavy atom. The summed E-state index contributed by atoms with van der Waals surface area (Å²) in [7, 11) is 0. The highest BCUT2D eigenvalue weighted by Gasteiger charge is 2.30. The molecular weight excluding hydrogens is 204 g/mol. The van der Waals surface area contributed by atoms with Gasteiger partial charge in [0.1, 0.15) is 5.78 Å². The third-order valence-corrected chi connectivity index (χ3v) is 3.72. The second kappa shape index (κ2) is 5.78. The van der Waals surface area contributed by atoms with E-state index in [2.05, 4.69) is 6.92 Å². The SMILES string of the molecule is CC(COC1CCCCO1)C1CCCC1=O. The van der Waals surface area contributed by atoms with Gasteiger partial charge in [0.15, 0.2) is 6.29 Å². The fourth-order valence-corrected chi connectivity index (χ4v) is 2.66. The zero-order valence-corrected chi connectivity index (χ0v) is 10.1. The second-order valence-corrected chi connectivity index (χ2v) is 5.07. The maximum absolute atomic E-state index is 11.6. The lowest BCUT2D eigenvalue weighted by molar-refractivity contribution is -0.171. The van der Waals surface area contributed by atoms with Crippen LogP contribution in [0.4, 0.5) is 0 Å². The Morgan fingerprint density at radius 3 is 2.88 bits per heavy atom. The Bertz CT molecular complexity index is 233. The van der Waals surface area contributed by atoms with Crippen molar-refractivity contribution < 1.29 is 14.3 Å². The molecule has 1 heterocycles. The number of ether oxygens (including phenoxy) is 2. The zero-order valence-electron chi connectivity index (χ0n) is 10.1. The smallest absolute Gasteiger partial charge is 0.157 e. The van der Waals surface area contributed by atoms with Crippen LogP contribution >= 0.6 is 0 Å². The predicted octanol–water partition coefficient (Wildman–Crippen LogP) is 2.53. The van der Waals surface area contributed by atoms with E-state index in [1.807, 2.05) is 0 Å². The maximum atomic E-state index is 11.6. The molecule has 1 aliphatic carbocycles. The summed E-state index contributed by atoms with van der Waals surface area (Å²) in [6, 6.07) is 0. The standard InChI is InChI=1S/C13H22O3/c1-10(11-5-4-6-12(11)14)9-16-13-7-2-3-8-15-13/h10-11,13H,2-9H2,1H3. The largest absolute Gasteiger partial charge is 0.353 e. The van der Waals surface area contributed by atoms with E-state index in [-0.39, 0.29) is 12.2 Å². The number of carbonyl (C=O) groups is 1. The van der Waals surface area contributed by atoms with Gasteiger partial charge in [-0.25, -0.2) is 0 Å². The molecule has 0 aromatic heterocycles. The number of ketones is 1. The first kappa shape index (κ1) is 12.1. The molecule has 1 saturated carbocycles. The fraction of sp³-hybridized carbons (Fsp3) is 0.923. The number of carbonyl (C=O) groups excluding carboxylic acids is 1. The fourth-order valence-electron chi connectivity index (χ4n) is 2.66. The van der Waals surface area contributed by atoms with E-state index in [4.69, 9.17) is 9.47 Å². The normalized spacial score (nSPS) is 32.9. The number of hydrogen-bond donors (Lipinski definition) is 0. The van der Waals surface area contributed by atoms with Crippen LogP contribution in [0.15, 0.2) is 0 Å². The molecule has 0 aromatic carbocycles. The summed E-state index contributed by atoms with van der Waals surface area (Å²) in [5.74, 6) is 1.02. The first-order valence-corrected chi connectivity index (χ1v) is 6.53. The van der Waals surface area contributed by atoms with Gasteiger partial charge in [0.05, 0.1) is 6.61 Å². The van der Waals surface area contributed by atoms with E-state index < -0.39 is 0 Å². The van der Waals surface area contributed by atoms with Crippen molar-refractivity contribution in [3.05, 3.63) is 0 Å². The van der Waals surface area contributed by atoms with Gasteiger partial charge >= 0.3 is 0 Å². The lowest BCUT2D eigenvalue weighted by Crippen LogP contribution is -2.27. The van der Waals surface area contributed by atoms with Crippen LogP contribution in [0.3, 0.4) is 0 Å². The van der Waals surface area contributed by atoms with Crippen LogP contribution in [0.2, 0.25) is 0 Å². The van der Waals surface area contributed by atoms with E-state index in [0.717, 1.165) is 38.7 Å². The molecule has 3 unspecified atom stereocenters. The molecule has 16 heavy (non-hydrogen) atoms. The molecule has 3 heteroatoms. The molecule has 3 atom stereocenters. The summed E-state index contributed by atoms with van der Waals surface area (Å²) in [6.45, 7) is 3.61. The van der Waals surface area contributed by atoms with Crippen molar-refractivity contribution in [2.45, 2.75) is 51.7 Å². The summed E-state index contributed by atoms with van der Waals surface area (Å²) in [6.07, 6.45) is 6.22. The van der Waals surface area contributed by atoms with Crippen molar-refractivity contribution in [3.8, 4) is 0 Å². The molecular formula is C13H22O3. The van der Waals surface area contributed by atoms with Crippen molar-refractivity contribution >= 4 is 5.78 Å². The van der Waals surface area contributed by atoms with E-state index in [1.54, 1.807) is 0 Å². The maximum Gasteiger partial charge on any atom is 0.157 e. The molecule has 2 rings (SSSR count). The molecule has 92 valence electrons. The molecule has 0 spiro atoms. The van der Waals surface area contributed by atoms with Gasteiger partial charge in [-0.3, -0.25) is 4.79 Å². The topological polar surface area (TPSA) is 35.5 Å². The second-order valence-electron chi connectivity index (χ2n) is 5.07. The molecule has 2 fully saturated rings. The molecule has 0 aromatic rings. The minimum atomic E-state index is -0.0206. The van der Waals surface area contributed by atoms with Crippen LogP contribution in [0.1, 0.15) is 45.4 Å². The van der Waals surface area contributed by atoms with Crippen LogP contribution in [-0.4, -0.2) is 25.3 Å². The summed E-state index contributed by atoms with van der Waals surface area (Å²) >= 11 is 0. The summed E-state index contributed by atoms with van der Waals surface area (Å²) in [5, 5.41) is 0. The number of Topliss-reactive ketones (excluding diaryl/α,β-unsaturated/α-hetero) is 1. The number of rotatable bonds is 4. The Balaban J connectivity index is 1.70.